The molecule has 0 heterocycles. The molecule has 0 spiro atoms. The van der Waals surface area contributed by atoms with Crippen LogP contribution in [0.15, 0.2) is 46.2 Å². The predicted octanol–water partition coefficient (Wildman–Crippen LogP) is 2.84. The van der Waals surface area contributed by atoms with Crippen molar-refractivity contribution in [1.29, 1.82) is 0 Å². The second-order valence-corrected chi connectivity index (χ2v) is 7.18. The summed E-state index contributed by atoms with van der Waals surface area (Å²) in [7, 11) is -3.64. The van der Waals surface area contributed by atoms with Gasteiger partial charge in [-0.3, -0.25) is 0 Å². The Morgan fingerprint density at radius 3 is 2.00 bits per heavy atom. The van der Waals surface area contributed by atoms with Gasteiger partial charge in [0, 0.05) is 0 Å². The lowest BCUT2D eigenvalue weighted by atomic mass is 10.2. The maximum absolute atomic E-state index is 12.4. The van der Waals surface area contributed by atoms with Gasteiger partial charge in [-0.1, -0.05) is 0 Å². The van der Waals surface area contributed by atoms with Crippen LogP contribution >= 0.6 is 22.6 Å². The van der Waals surface area contributed by atoms with Crippen molar-refractivity contribution in [2.45, 2.75) is 16.7 Å². The SMILES string of the molecule is Cc1cc(S(=O)(=O)c2ccc(O)c(I)c2)ccc1O. The highest BCUT2D eigenvalue weighted by molar-refractivity contribution is 14.1. The molecule has 0 aromatic heterocycles. The number of phenols is 2. The first-order valence-electron chi connectivity index (χ1n) is 5.35. The first-order valence-corrected chi connectivity index (χ1v) is 7.92. The molecule has 0 aliphatic heterocycles. The smallest absolute Gasteiger partial charge is 0.206 e. The molecule has 2 aromatic carbocycles. The maximum Gasteiger partial charge on any atom is 0.206 e. The third-order valence-electron chi connectivity index (χ3n) is 2.71. The van der Waals surface area contributed by atoms with Gasteiger partial charge in [0.1, 0.15) is 11.5 Å². The third-order valence-corrected chi connectivity index (χ3v) is 5.32. The van der Waals surface area contributed by atoms with Crippen LogP contribution in [-0.2, 0) is 9.84 Å². The van der Waals surface area contributed by atoms with Gasteiger partial charge in [-0.05, 0) is 71.5 Å². The molecule has 2 N–H and O–H groups in total. The second kappa shape index (κ2) is 5.01. The van der Waals surface area contributed by atoms with E-state index in [0.717, 1.165) is 0 Å². The summed E-state index contributed by atoms with van der Waals surface area (Å²) in [5, 5.41) is 18.9. The van der Waals surface area contributed by atoms with Crippen LogP contribution in [0.3, 0.4) is 0 Å². The van der Waals surface area contributed by atoms with Crippen LogP contribution in [0.2, 0.25) is 0 Å². The molecule has 0 saturated heterocycles. The van der Waals surface area contributed by atoms with E-state index in [1.807, 2.05) is 22.6 Å². The quantitative estimate of drug-likeness (QED) is 0.774. The molecule has 0 amide bonds. The van der Waals surface area contributed by atoms with E-state index in [-0.39, 0.29) is 21.3 Å². The molecule has 19 heavy (non-hydrogen) atoms. The minimum Gasteiger partial charge on any atom is -0.508 e. The zero-order chi connectivity index (χ0) is 14.2. The van der Waals surface area contributed by atoms with E-state index in [1.54, 1.807) is 6.92 Å². The Morgan fingerprint density at radius 1 is 0.947 bits per heavy atom. The summed E-state index contributed by atoms with van der Waals surface area (Å²) in [6, 6.07) is 8.25. The minimum atomic E-state index is -3.64. The average Bonchev–Trinajstić information content (AvgIpc) is 2.35. The van der Waals surface area contributed by atoms with Crippen LogP contribution in [0.4, 0.5) is 0 Å². The van der Waals surface area contributed by atoms with E-state index in [4.69, 9.17) is 0 Å². The van der Waals surface area contributed by atoms with Crippen LogP contribution < -0.4 is 0 Å². The topological polar surface area (TPSA) is 74.6 Å². The van der Waals surface area contributed by atoms with E-state index >= 15 is 0 Å². The van der Waals surface area contributed by atoms with Gasteiger partial charge < -0.3 is 10.2 Å². The van der Waals surface area contributed by atoms with E-state index in [2.05, 4.69) is 0 Å². The molecule has 2 aromatic rings. The zero-order valence-corrected chi connectivity index (χ0v) is 12.9. The van der Waals surface area contributed by atoms with Crippen LogP contribution in [0.1, 0.15) is 5.56 Å². The van der Waals surface area contributed by atoms with Crippen LogP contribution in [-0.4, -0.2) is 18.6 Å². The number of rotatable bonds is 2. The van der Waals surface area contributed by atoms with Crippen molar-refractivity contribution < 1.29 is 18.6 Å². The highest BCUT2D eigenvalue weighted by atomic mass is 127. The number of benzene rings is 2. The Morgan fingerprint density at radius 2 is 1.47 bits per heavy atom. The van der Waals surface area contributed by atoms with Gasteiger partial charge in [-0.25, -0.2) is 8.42 Å². The van der Waals surface area contributed by atoms with Crippen molar-refractivity contribution in [3.05, 3.63) is 45.5 Å². The number of aryl methyl sites for hydroxylation is 1. The van der Waals surface area contributed by atoms with Crippen molar-refractivity contribution in [2.75, 3.05) is 0 Å². The average molecular weight is 390 g/mol. The maximum atomic E-state index is 12.4. The predicted molar refractivity (Wildman–Crippen MR) is 79.1 cm³/mol. The lowest BCUT2D eigenvalue weighted by molar-refractivity contribution is 0.470. The molecule has 0 radical (unpaired) electrons. The van der Waals surface area contributed by atoms with Gasteiger partial charge in [0.25, 0.3) is 0 Å². The molecule has 0 fully saturated rings. The van der Waals surface area contributed by atoms with Gasteiger partial charge >= 0.3 is 0 Å². The fourth-order valence-corrected chi connectivity index (χ4v) is 3.68. The molecular formula is C13H11IO4S. The van der Waals surface area contributed by atoms with E-state index in [1.165, 1.54) is 36.4 Å². The summed E-state index contributed by atoms with van der Waals surface area (Å²) in [6.45, 7) is 1.63. The number of phenolic OH excluding ortho intramolecular Hbond substituents is 2. The molecule has 6 heteroatoms. The van der Waals surface area contributed by atoms with E-state index in [9.17, 15) is 18.6 Å². The first kappa shape index (κ1) is 14.1. The second-order valence-electron chi connectivity index (χ2n) is 4.06. The first-order chi connectivity index (χ1) is 8.82. The summed E-state index contributed by atoms with van der Waals surface area (Å²) in [4.78, 5) is 0.226. The number of hydrogen-bond acceptors (Lipinski definition) is 4. The Bertz CT molecular complexity index is 681. The largest absolute Gasteiger partial charge is 0.508 e. The van der Waals surface area contributed by atoms with Crippen LogP contribution in [0.5, 0.6) is 11.5 Å². The molecule has 2 rings (SSSR count). The fourth-order valence-electron chi connectivity index (χ4n) is 1.59. The summed E-state index contributed by atoms with van der Waals surface area (Å²) in [6.07, 6.45) is 0. The highest BCUT2D eigenvalue weighted by Crippen LogP contribution is 2.28. The van der Waals surface area contributed by atoms with Gasteiger partial charge in [0.2, 0.25) is 9.84 Å². The Labute approximate surface area is 124 Å². The highest BCUT2D eigenvalue weighted by Gasteiger charge is 2.19. The molecule has 4 nitrogen and oxygen atoms in total. The molecule has 0 saturated carbocycles. The Kier molecular flexibility index (Phi) is 3.73. The molecule has 0 bridgehead atoms. The monoisotopic (exact) mass is 390 g/mol. The van der Waals surface area contributed by atoms with Gasteiger partial charge in [0.15, 0.2) is 0 Å². The minimum absolute atomic E-state index is 0.0430. The summed E-state index contributed by atoms with van der Waals surface area (Å²) < 4.78 is 25.3. The fraction of sp³-hybridized carbons (Fsp3) is 0.0769. The van der Waals surface area contributed by atoms with Crippen molar-refractivity contribution in [3.8, 4) is 11.5 Å². The number of sulfone groups is 1. The van der Waals surface area contributed by atoms with Crippen LogP contribution in [0, 0.1) is 10.5 Å². The van der Waals surface area contributed by atoms with Crippen molar-refractivity contribution in [3.63, 3.8) is 0 Å². The normalized spacial score (nSPS) is 11.5. The lowest BCUT2D eigenvalue weighted by Crippen LogP contribution is -2.02. The summed E-state index contributed by atoms with van der Waals surface area (Å²) in [5.41, 5.74) is 0.495. The molecule has 0 atom stereocenters. The van der Waals surface area contributed by atoms with Crippen LogP contribution in [0.25, 0.3) is 0 Å². The summed E-state index contributed by atoms with van der Waals surface area (Å²) in [5.74, 6) is 0.0978. The molecule has 100 valence electrons. The number of halogens is 1. The Balaban J connectivity index is 2.58. The van der Waals surface area contributed by atoms with Crippen molar-refractivity contribution in [2.24, 2.45) is 0 Å². The van der Waals surface area contributed by atoms with E-state index in [0.29, 0.717) is 9.13 Å². The van der Waals surface area contributed by atoms with E-state index < -0.39 is 9.84 Å². The van der Waals surface area contributed by atoms with Gasteiger partial charge in [-0.2, -0.15) is 0 Å². The lowest BCUT2D eigenvalue weighted by Gasteiger charge is -2.07. The van der Waals surface area contributed by atoms with Crippen molar-refractivity contribution in [1.82, 2.24) is 0 Å². The van der Waals surface area contributed by atoms with Gasteiger partial charge in [-0.15, -0.1) is 0 Å². The molecule has 0 unspecified atom stereocenters. The molecular weight excluding hydrogens is 379 g/mol. The number of aromatic hydroxyl groups is 2. The zero-order valence-electron chi connectivity index (χ0n) is 9.96. The number of hydrogen-bond donors (Lipinski definition) is 2. The molecule has 0 aliphatic rings. The Hall–Kier alpha value is -1.28. The standard InChI is InChI=1S/C13H11IO4S/c1-8-6-9(2-4-12(8)15)19(17,18)10-3-5-13(16)11(14)7-10/h2-7,15-16H,1H3. The summed E-state index contributed by atoms with van der Waals surface area (Å²) >= 11 is 1.87. The van der Waals surface area contributed by atoms with Crippen molar-refractivity contribution >= 4 is 32.4 Å². The van der Waals surface area contributed by atoms with Gasteiger partial charge in [0.05, 0.1) is 13.4 Å². The molecule has 0 aliphatic carbocycles. The third kappa shape index (κ3) is 2.69.